The lowest BCUT2D eigenvalue weighted by atomic mass is 10.2. The van der Waals surface area contributed by atoms with Gasteiger partial charge in [-0.05, 0) is 24.6 Å². The molecular formula is C19H22N2O6. The molecule has 1 aromatic carbocycles. The second-order valence-corrected chi connectivity index (χ2v) is 5.73. The third-order valence-corrected chi connectivity index (χ3v) is 3.90. The van der Waals surface area contributed by atoms with E-state index < -0.39 is 17.2 Å². The van der Waals surface area contributed by atoms with Crippen molar-refractivity contribution in [3.05, 3.63) is 62.4 Å². The summed E-state index contributed by atoms with van der Waals surface area (Å²) in [6.45, 7) is 1.37. The lowest BCUT2D eigenvalue weighted by molar-refractivity contribution is -0.147. The summed E-state index contributed by atoms with van der Waals surface area (Å²) in [5.41, 5.74) is 0.280. The SMILES string of the molecule is C/C=C/c1ccc(OCC(=O)OCc2cc(=O)n(C)c(=O)n2C)c(OC)c1. The van der Waals surface area contributed by atoms with Crippen LogP contribution < -0.4 is 20.7 Å². The lowest BCUT2D eigenvalue weighted by Crippen LogP contribution is -2.38. The van der Waals surface area contributed by atoms with E-state index in [0.29, 0.717) is 17.2 Å². The molecule has 144 valence electrons. The van der Waals surface area contributed by atoms with Gasteiger partial charge in [-0.3, -0.25) is 13.9 Å². The highest BCUT2D eigenvalue weighted by Gasteiger charge is 2.11. The summed E-state index contributed by atoms with van der Waals surface area (Å²) >= 11 is 0. The standard InChI is InChI=1S/C19H22N2O6/c1-5-6-13-7-8-15(16(9-13)25-4)26-12-18(23)27-11-14-10-17(22)21(3)19(24)20(14)2/h5-10H,11-12H2,1-4H3/b6-5+. The number of hydrogen-bond acceptors (Lipinski definition) is 6. The fourth-order valence-corrected chi connectivity index (χ4v) is 2.35. The van der Waals surface area contributed by atoms with Gasteiger partial charge < -0.3 is 14.2 Å². The first-order valence-corrected chi connectivity index (χ1v) is 8.22. The Labute approximate surface area is 156 Å². The first-order valence-electron chi connectivity index (χ1n) is 8.22. The number of esters is 1. The number of ether oxygens (including phenoxy) is 3. The fraction of sp³-hybridized carbons (Fsp3) is 0.316. The topological polar surface area (TPSA) is 88.8 Å². The Balaban J connectivity index is 2.00. The molecule has 1 heterocycles. The Hall–Kier alpha value is -3.29. The van der Waals surface area contributed by atoms with Crippen molar-refractivity contribution in [3.8, 4) is 11.5 Å². The van der Waals surface area contributed by atoms with E-state index in [9.17, 15) is 14.4 Å². The zero-order valence-electron chi connectivity index (χ0n) is 15.7. The Morgan fingerprint density at radius 2 is 1.85 bits per heavy atom. The highest BCUT2D eigenvalue weighted by Crippen LogP contribution is 2.28. The summed E-state index contributed by atoms with van der Waals surface area (Å²) in [4.78, 5) is 35.5. The zero-order chi connectivity index (χ0) is 20.0. The third kappa shape index (κ3) is 4.87. The van der Waals surface area contributed by atoms with Gasteiger partial charge in [-0.25, -0.2) is 9.59 Å². The second kappa shape index (κ2) is 8.88. The van der Waals surface area contributed by atoms with Crippen LogP contribution in [0.1, 0.15) is 18.2 Å². The first-order chi connectivity index (χ1) is 12.9. The number of allylic oxidation sites excluding steroid dienone is 1. The summed E-state index contributed by atoms with van der Waals surface area (Å²) < 4.78 is 18.0. The molecule has 0 saturated heterocycles. The van der Waals surface area contributed by atoms with Gasteiger partial charge in [-0.2, -0.15) is 0 Å². The number of methoxy groups -OCH3 is 1. The van der Waals surface area contributed by atoms with Crippen LogP contribution >= 0.6 is 0 Å². The van der Waals surface area contributed by atoms with Crippen molar-refractivity contribution >= 4 is 12.0 Å². The molecule has 0 spiro atoms. The quantitative estimate of drug-likeness (QED) is 0.678. The van der Waals surface area contributed by atoms with E-state index in [1.807, 2.05) is 25.1 Å². The predicted molar refractivity (Wildman–Crippen MR) is 99.9 cm³/mol. The summed E-state index contributed by atoms with van der Waals surface area (Å²) in [6, 6.07) is 6.57. The molecule has 8 nitrogen and oxygen atoms in total. The van der Waals surface area contributed by atoms with Gasteiger partial charge in [0.05, 0.1) is 12.8 Å². The van der Waals surface area contributed by atoms with Crippen molar-refractivity contribution in [2.24, 2.45) is 14.1 Å². The van der Waals surface area contributed by atoms with Crippen LogP contribution in [0.3, 0.4) is 0 Å². The largest absolute Gasteiger partial charge is 0.493 e. The van der Waals surface area contributed by atoms with E-state index in [4.69, 9.17) is 14.2 Å². The molecule has 2 rings (SSSR count). The van der Waals surface area contributed by atoms with E-state index in [-0.39, 0.29) is 13.2 Å². The monoisotopic (exact) mass is 374 g/mol. The highest BCUT2D eigenvalue weighted by atomic mass is 16.6. The molecule has 0 aliphatic rings. The van der Waals surface area contributed by atoms with Crippen molar-refractivity contribution in [2.45, 2.75) is 13.5 Å². The molecular weight excluding hydrogens is 352 g/mol. The average Bonchev–Trinajstić information content (AvgIpc) is 2.67. The van der Waals surface area contributed by atoms with Crippen LogP contribution in [-0.2, 0) is 30.2 Å². The molecule has 1 aromatic heterocycles. The molecule has 0 amide bonds. The van der Waals surface area contributed by atoms with Crippen LogP contribution in [0.2, 0.25) is 0 Å². The average molecular weight is 374 g/mol. The lowest BCUT2D eigenvalue weighted by Gasteiger charge is -2.12. The van der Waals surface area contributed by atoms with Crippen LogP contribution in [0.15, 0.2) is 39.9 Å². The summed E-state index contributed by atoms with van der Waals surface area (Å²) in [5, 5.41) is 0. The minimum Gasteiger partial charge on any atom is -0.493 e. The van der Waals surface area contributed by atoms with E-state index in [1.54, 1.807) is 12.1 Å². The minimum absolute atomic E-state index is 0.207. The van der Waals surface area contributed by atoms with Gasteiger partial charge >= 0.3 is 11.7 Å². The van der Waals surface area contributed by atoms with Gasteiger partial charge in [0.15, 0.2) is 18.1 Å². The molecule has 0 saturated carbocycles. The molecule has 27 heavy (non-hydrogen) atoms. The fourth-order valence-electron chi connectivity index (χ4n) is 2.35. The van der Waals surface area contributed by atoms with Crippen LogP contribution in [-0.4, -0.2) is 28.8 Å². The number of carbonyl (C=O) groups is 1. The summed E-state index contributed by atoms with van der Waals surface area (Å²) in [6.07, 6.45) is 3.81. The molecule has 0 aliphatic heterocycles. The van der Waals surface area contributed by atoms with Crippen LogP contribution in [0.5, 0.6) is 11.5 Å². The number of carbonyl (C=O) groups excluding carboxylic acids is 1. The Kier molecular flexibility index (Phi) is 6.59. The Bertz CT molecular complexity index is 971. The molecule has 0 radical (unpaired) electrons. The normalized spacial score (nSPS) is 10.8. The molecule has 0 aliphatic carbocycles. The molecule has 0 unspecified atom stereocenters. The maximum absolute atomic E-state index is 11.9. The third-order valence-electron chi connectivity index (χ3n) is 3.90. The Morgan fingerprint density at radius 1 is 1.11 bits per heavy atom. The Morgan fingerprint density at radius 3 is 2.52 bits per heavy atom. The van der Waals surface area contributed by atoms with Gasteiger partial charge in [0.2, 0.25) is 0 Å². The predicted octanol–water partition coefficient (Wildman–Crippen LogP) is 1.25. The van der Waals surface area contributed by atoms with Crippen LogP contribution in [0.4, 0.5) is 0 Å². The van der Waals surface area contributed by atoms with E-state index in [0.717, 1.165) is 10.1 Å². The number of benzene rings is 1. The van der Waals surface area contributed by atoms with Gasteiger partial charge in [0, 0.05) is 20.2 Å². The number of hydrogen-bond donors (Lipinski definition) is 0. The molecule has 0 N–H and O–H groups in total. The van der Waals surface area contributed by atoms with E-state index in [2.05, 4.69) is 0 Å². The van der Waals surface area contributed by atoms with Crippen LogP contribution in [0.25, 0.3) is 6.08 Å². The van der Waals surface area contributed by atoms with Crippen molar-refractivity contribution < 1.29 is 19.0 Å². The number of nitrogens with zero attached hydrogens (tertiary/aromatic N) is 2. The maximum Gasteiger partial charge on any atom is 0.344 e. The molecule has 0 bridgehead atoms. The minimum atomic E-state index is -0.636. The highest BCUT2D eigenvalue weighted by molar-refractivity contribution is 5.71. The molecule has 2 aromatic rings. The molecule has 8 heteroatoms. The van der Waals surface area contributed by atoms with E-state index in [1.165, 1.54) is 31.8 Å². The summed E-state index contributed by atoms with van der Waals surface area (Å²) in [7, 11) is 4.39. The van der Waals surface area contributed by atoms with Crippen molar-refractivity contribution in [2.75, 3.05) is 13.7 Å². The van der Waals surface area contributed by atoms with Gasteiger partial charge in [0.25, 0.3) is 5.56 Å². The number of rotatable bonds is 7. The number of aromatic nitrogens is 2. The molecule has 0 fully saturated rings. The molecule has 0 atom stereocenters. The zero-order valence-corrected chi connectivity index (χ0v) is 15.7. The summed E-state index contributed by atoms with van der Waals surface area (Å²) in [5.74, 6) is 0.263. The van der Waals surface area contributed by atoms with E-state index >= 15 is 0 Å². The van der Waals surface area contributed by atoms with Crippen molar-refractivity contribution in [1.82, 2.24) is 9.13 Å². The van der Waals surface area contributed by atoms with Crippen LogP contribution in [0, 0.1) is 0 Å². The van der Waals surface area contributed by atoms with Gasteiger partial charge in [0.1, 0.15) is 6.61 Å². The maximum atomic E-state index is 11.9. The van der Waals surface area contributed by atoms with Gasteiger partial charge in [-0.1, -0.05) is 18.2 Å². The smallest absolute Gasteiger partial charge is 0.344 e. The van der Waals surface area contributed by atoms with Crippen molar-refractivity contribution in [3.63, 3.8) is 0 Å². The first kappa shape index (κ1) is 20.0. The van der Waals surface area contributed by atoms with Gasteiger partial charge in [-0.15, -0.1) is 0 Å². The van der Waals surface area contributed by atoms with Crippen molar-refractivity contribution in [1.29, 1.82) is 0 Å². The second-order valence-electron chi connectivity index (χ2n) is 5.73.